The van der Waals surface area contributed by atoms with Crippen molar-refractivity contribution >= 4 is 22.4 Å². The van der Waals surface area contributed by atoms with Crippen LogP contribution in [-0.2, 0) is 12.8 Å². The molecule has 1 saturated heterocycles. The lowest BCUT2D eigenvalue weighted by molar-refractivity contribution is 0.0605. The highest BCUT2D eigenvalue weighted by Gasteiger charge is 2.29. The first-order valence-electron chi connectivity index (χ1n) is 8.79. The number of carbonyl (C=O) groups is 1. The van der Waals surface area contributed by atoms with Gasteiger partial charge in [-0.25, -0.2) is 4.98 Å². The molecule has 0 unspecified atom stereocenters. The maximum absolute atomic E-state index is 13.1. The lowest BCUT2D eigenvalue weighted by Crippen LogP contribution is -2.44. The number of nitrogens with two attached hydrogens (primary N) is 1. The standard InChI is InChI=1S/C19H25N3OS/c1-2-16-17(24-19(20)21-16)18(23)22-13-7-6-10-15(22)12-11-14-8-4-3-5-9-14/h3-5,8-9,15H,2,6-7,10-13H2,1H3,(H2,20,21)/t15-/m0/s1. The van der Waals surface area contributed by atoms with Crippen molar-refractivity contribution in [3.8, 4) is 0 Å². The van der Waals surface area contributed by atoms with E-state index in [0.717, 1.165) is 49.2 Å². The summed E-state index contributed by atoms with van der Waals surface area (Å²) in [5.74, 6) is 0.124. The van der Waals surface area contributed by atoms with E-state index < -0.39 is 0 Å². The van der Waals surface area contributed by atoms with Gasteiger partial charge in [0.2, 0.25) is 0 Å². The minimum Gasteiger partial charge on any atom is -0.375 e. The minimum absolute atomic E-state index is 0.124. The van der Waals surface area contributed by atoms with Crippen LogP contribution in [0.5, 0.6) is 0 Å². The number of aromatic nitrogens is 1. The molecule has 1 amide bonds. The molecule has 24 heavy (non-hydrogen) atoms. The summed E-state index contributed by atoms with van der Waals surface area (Å²) in [6.07, 6.45) is 6.16. The Morgan fingerprint density at radius 2 is 2.12 bits per heavy atom. The fourth-order valence-electron chi connectivity index (χ4n) is 3.45. The first-order chi connectivity index (χ1) is 11.7. The van der Waals surface area contributed by atoms with Crippen molar-refractivity contribution in [2.24, 2.45) is 0 Å². The Bertz CT molecular complexity index is 683. The topological polar surface area (TPSA) is 59.2 Å². The number of carbonyl (C=O) groups excluding carboxylic acids is 1. The molecule has 128 valence electrons. The summed E-state index contributed by atoms with van der Waals surface area (Å²) in [5.41, 5.74) is 8.01. The zero-order valence-corrected chi connectivity index (χ0v) is 15.0. The molecule has 4 nitrogen and oxygen atoms in total. The Hall–Kier alpha value is -1.88. The van der Waals surface area contributed by atoms with Crippen LogP contribution in [0.3, 0.4) is 0 Å². The predicted octanol–water partition coefficient (Wildman–Crippen LogP) is 3.92. The molecule has 0 spiro atoms. The Morgan fingerprint density at radius 3 is 2.88 bits per heavy atom. The lowest BCUT2D eigenvalue weighted by atomic mass is 9.95. The third-order valence-electron chi connectivity index (χ3n) is 4.74. The van der Waals surface area contributed by atoms with Crippen molar-refractivity contribution in [3.63, 3.8) is 0 Å². The zero-order chi connectivity index (χ0) is 16.9. The van der Waals surface area contributed by atoms with Crippen LogP contribution < -0.4 is 5.73 Å². The smallest absolute Gasteiger partial charge is 0.266 e. The molecule has 5 heteroatoms. The summed E-state index contributed by atoms with van der Waals surface area (Å²) >= 11 is 1.33. The third kappa shape index (κ3) is 3.78. The number of anilines is 1. The summed E-state index contributed by atoms with van der Waals surface area (Å²) in [6, 6.07) is 10.8. The van der Waals surface area contributed by atoms with Crippen molar-refractivity contribution in [1.82, 2.24) is 9.88 Å². The third-order valence-corrected chi connectivity index (χ3v) is 5.65. The molecule has 1 aliphatic rings. The van der Waals surface area contributed by atoms with Gasteiger partial charge in [-0.1, -0.05) is 48.6 Å². The number of nitrogens with zero attached hydrogens (tertiary/aromatic N) is 2. The first kappa shape index (κ1) is 17.0. The van der Waals surface area contributed by atoms with Crippen molar-refractivity contribution in [2.45, 2.75) is 51.5 Å². The van der Waals surface area contributed by atoms with Gasteiger partial charge in [0.15, 0.2) is 5.13 Å². The van der Waals surface area contributed by atoms with E-state index in [4.69, 9.17) is 5.73 Å². The molecule has 0 bridgehead atoms. The van der Waals surface area contributed by atoms with Crippen molar-refractivity contribution < 1.29 is 4.79 Å². The second-order valence-electron chi connectivity index (χ2n) is 6.35. The quantitative estimate of drug-likeness (QED) is 0.895. The van der Waals surface area contributed by atoms with E-state index >= 15 is 0 Å². The molecule has 2 heterocycles. The van der Waals surface area contributed by atoms with Gasteiger partial charge < -0.3 is 10.6 Å². The van der Waals surface area contributed by atoms with Crippen LogP contribution >= 0.6 is 11.3 Å². The summed E-state index contributed by atoms with van der Waals surface area (Å²) in [5, 5.41) is 0.494. The van der Waals surface area contributed by atoms with Gasteiger partial charge in [-0.2, -0.15) is 0 Å². The largest absolute Gasteiger partial charge is 0.375 e. The van der Waals surface area contributed by atoms with E-state index in [0.29, 0.717) is 11.2 Å². The van der Waals surface area contributed by atoms with Gasteiger partial charge in [0, 0.05) is 12.6 Å². The van der Waals surface area contributed by atoms with E-state index in [-0.39, 0.29) is 5.91 Å². The molecular weight excluding hydrogens is 318 g/mol. The normalized spacial score (nSPS) is 17.9. The number of aryl methyl sites for hydroxylation is 2. The molecule has 3 rings (SSSR count). The molecule has 0 saturated carbocycles. The Morgan fingerprint density at radius 1 is 1.33 bits per heavy atom. The van der Waals surface area contributed by atoms with E-state index in [1.54, 1.807) is 0 Å². The molecule has 1 atom stereocenters. The van der Waals surface area contributed by atoms with Crippen LogP contribution in [0.1, 0.15) is 53.5 Å². The van der Waals surface area contributed by atoms with E-state index in [9.17, 15) is 4.79 Å². The predicted molar refractivity (Wildman–Crippen MR) is 99.3 cm³/mol. The summed E-state index contributed by atoms with van der Waals surface area (Å²) in [6.45, 7) is 2.87. The van der Waals surface area contributed by atoms with Crippen LogP contribution in [0.4, 0.5) is 5.13 Å². The number of likely N-dealkylation sites (tertiary alicyclic amines) is 1. The number of rotatable bonds is 5. The number of thiazole rings is 1. The van der Waals surface area contributed by atoms with Gasteiger partial charge in [-0.05, 0) is 44.1 Å². The zero-order valence-electron chi connectivity index (χ0n) is 14.2. The monoisotopic (exact) mass is 343 g/mol. The molecule has 1 fully saturated rings. The summed E-state index contributed by atoms with van der Waals surface area (Å²) in [7, 11) is 0. The number of benzene rings is 1. The lowest BCUT2D eigenvalue weighted by Gasteiger charge is -2.35. The van der Waals surface area contributed by atoms with Gasteiger partial charge in [0.25, 0.3) is 5.91 Å². The van der Waals surface area contributed by atoms with E-state index in [1.807, 2.05) is 13.0 Å². The maximum Gasteiger partial charge on any atom is 0.266 e. The van der Waals surface area contributed by atoms with Crippen molar-refractivity contribution in [1.29, 1.82) is 0 Å². The molecule has 2 N–H and O–H groups in total. The van der Waals surface area contributed by atoms with Crippen LogP contribution in [0.2, 0.25) is 0 Å². The first-order valence-corrected chi connectivity index (χ1v) is 9.60. The molecule has 1 aliphatic heterocycles. The van der Waals surface area contributed by atoms with Gasteiger partial charge in [0.1, 0.15) is 4.88 Å². The second kappa shape index (κ2) is 7.79. The molecule has 1 aromatic carbocycles. The highest BCUT2D eigenvalue weighted by Crippen LogP contribution is 2.28. The number of nitrogen functional groups attached to an aromatic ring is 1. The Balaban J connectivity index is 1.72. The second-order valence-corrected chi connectivity index (χ2v) is 7.38. The molecule has 0 radical (unpaired) electrons. The van der Waals surface area contributed by atoms with Crippen LogP contribution in [0.25, 0.3) is 0 Å². The molecule has 1 aromatic heterocycles. The van der Waals surface area contributed by atoms with Crippen LogP contribution in [0, 0.1) is 0 Å². The fraction of sp³-hybridized carbons (Fsp3) is 0.474. The van der Waals surface area contributed by atoms with Gasteiger partial charge in [0.05, 0.1) is 5.69 Å². The molecule has 2 aromatic rings. The average Bonchev–Trinajstić information content (AvgIpc) is 3.01. The Labute approximate surface area is 147 Å². The number of piperidine rings is 1. The minimum atomic E-state index is 0.124. The number of hydrogen-bond acceptors (Lipinski definition) is 4. The Kier molecular flexibility index (Phi) is 5.51. The number of amides is 1. The maximum atomic E-state index is 13.1. The highest BCUT2D eigenvalue weighted by atomic mass is 32.1. The van der Waals surface area contributed by atoms with Crippen LogP contribution in [-0.4, -0.2) is 28.4 Å². The number of hydrogen-bond donors (Lipinski definition) is 1. The van der Waals surface area contributed by atoms with Gasteiger partial charge >= 0.3 is 0 Å². The van der Waals surface area contributed by atoms with E-state index in [1.165, 1.54) is 23.3 Å². The van der Waals surface area contributed by atoms with Gasteiger partial charge in [-0.3, -0.25) is 4.79 Å². The molecule has 0 aliphatic carbocycles. The average molecular weight is 343 g/mol. The van der Waals surface area contributed by atoms with Crippen molar-refractivity contribution in [2.75, 3.05) is 12.3 Å². The van der Waals surface area contributed by atoms with Crippen molar-refractivity contribution in [3.05, 3.63) is 46.5 Å². The SMILES string of the molecule is CCc1nc(N)sc1C(=O)N1CCCC[C@H]1CCc1ccccc1. The van der Waals surface area contributed by atoms with Crippen LogP contribution in [0.15, 0.2) is 30.3 Å². The molecular formula is C19H25N3OS. The van der Waals surface area contributed by atoms with E-state index in [2.05, 4.69) is 34.1 Å². The van der Waals surface area contributed by atoms with Gasteiger partial charge in [-0.15, -0.1) is 0 Å². The fourth-order valence-corrected chi connectivity index (χ4v) is 4.33. The highest BCUT2D eigenvalue weighted by molar-refractivity contribution is 7.17. The summed E-state index contributed by atoms with van der Waals surface area (Å²) < 4.78 is 0. The summed E-state index contributed by atoms with van der Waals surface area (Å²) in [4.78, 5) is 20.2.